The van der Waals surface area contributed by atoms with Gasteiger partial charge >= 0.3 is 0 Å². The Hall–Kier alpha value is -8.72. The third-order valence-corrected chi connectivity index (χ3v) is 14.1. The lowest BCUT2D eigenvalue weighted by atomic mass is 9.68. The van der Waals surface area contributed by atoms with Crippen molar-refractivity contribution in [2.45, 2.75) is 5.41 Å². The molecule has 1 aromatic heterocycles. The molecule has 0 fully saturated rings. The summed E-state index contributed by atoms with van der Waals surface area (Å²) in [6.07, 6.45) is 0. The van der Waals surface area contributed by atoms with Gasteiger partial charge in [0.2, 0.25) is 0 Å². The van der Waals surface area contributed by atoms with Gasteiger partial charge in [-0.15, -0.1) is 0 Å². The molecule has 0 saturated carbocycles. The van der Waals surface area contributed by atoms with Crippen molar-refractivity contribution in [3.05, 3.63) is 289 Å². The molecule has 67 heavy (non-hydrogen) atoms. The maximum Gasteiger partial charge on any atom is 0.0713 e. The van der Waals surface area contributed by atoms with Crippen molar-refractivity contribution in [2.75, 3.05) is 4.90 Å². The lowest BCUT2D eigenvalue weighted by Crippen LogP contribution is -2.28. The highest BCUT2D eigenvalue weighted by atomic mass is 15.1. The molecule has 1 heterocycles. The van der Waals surface area contributed by atoms with E-state index in [0.717, 1.165) is 22.7 Å². The molecule has 0 amide bonds. The Bertz CT molecular complexity index is 3690. The van der Waals surface area contributed by atoms with Crippen molar-refractivity contribution in [1.29, 1.82) is 0 Å². The van der Waals surface area contributed by atoms with Gasteiger partial charge in [-0.05, 0) is 121 Å². The van der Waals surface area contributed by atoms with Gasteiger partial charge in [-0.2, -0.15) is 0 Å². The third-order valence-electron chi connectivity index (χ3n) is 14.1. The van der Waals surface area contributed by atoms with Gasteiger partial charge in [0.05, 0.1) is 16.4 Å². The molecule has 1 aliphatic carbocycles. The molecule has 12 aromatic rings. The molecule has 2 heteroatoms. The molecule has 11 aromatic carbocycles. The van der Waals surface area contributed by atoms with Crippen LogP contribution in [0.4, 0.5) is 17.1 Å². The smallest absolute Gasteiger partial charge is 0.0713 e. The SMILES string of the molecule is c1ccc(-c2cccc3cccc(-c4ccc(N(c5cccc(-n6c7ccccc7c7ccccc76)c5)c5ccc6c(c5)-c5ccccc5C6(c5ccccc5)c5ccccc5)cc4)c23)cc1. The Kier molecular flexibility index (Phi) is 9.11. The topological polar surface area (TPSA) is 8.17 Å². The number of aromatic nitrogens is 1. The molecule has 0 radical (unpaired) electrons. The predicted molar refractivity (Wildman–Crippen MR) is 281 cm³/mol. The number of fused-ring (bicyclic) bond motifs is 7. The van der Waals surface area contributed by atoms with Crippen molar-refractivity contribution in [3.8, 4) is 39.1 Å². The van der Waals surface area contributed by atoms with E-state index in [0.29, 0.717) is 0 Å². The van der Waals surface area contributed by atoms with Crippen LogP contribution < -0.4 is 4.90 Å². The van der Waals surface area contributed by atoms with E-state index in [1.165, 1.54) is 88.2 Å². The fourth-order valence-corrected chi connectivity index (χ4v) is 11.2. The Morgan fingerprint density at radius 1 is 0.313 bits per heavy atom. The van der Waals surface area contributed by atoms with Crippen molar-refractivity contribution < 1.29 is 0 Å². The highest BCUT2D eigenvalue weighted by Crippen LogP contribution is 2.57. The molecule has 0 spiro atoms. The fourth-order valence-electron chi connectivity index (χ4n) is 11.2. The molecule has 2 nitrogen and oxygen atoms in total. The van der Waals surface area contributed by atoms with E-state index in [2.05, 4.69) is 276 Å². The first-order chi connectivity index (χ1) is 33.3. The van der Waals surface area contributed by atoms with Crippen LogP contribution in [0.15, 0.2) is 267 Å². The van der Waals surface area contributed by atoms with Gasteiger partial charge < -0.3 is 9.47 Å². The first kappa shape index (κ1) is 38.7. The van der Waals surface area contributed by atoms with Crippen molar-refractivity contribution in [2.24, 2.45) is 0 Å². The Morgan fingerprint density at radius 3 is 1.46 bits per heavy atom. The minimum absolute atomic E-state index is 0.479. The average molecular weight is 853 g/mol. The van der Waals surface area contributed by atoms with Gasteiger partial charge in [-0.3, -0.25) is 0 Å². The molecule has 0 N–H and O–H groups in total. The van der Waals surface area contributed by atoms with Crippen LogP contribution in [0.25, 0.3) is 71.6 Å². The van der Waals surface area contributed by atoms with Crippen LogP contribution in [0, 0.1) is 0 Å². The van der Waals surface area contributed by atoms with E-state index in [9.17, 15) is 0 Å². The number of benzene rings is 11. The number of para-hydroxylation sites is 2. The second kappa shape index (κ2) is 15.8. The summed E-state index contributed by atoms with van der Waals surface area (Å²) in [5, 5.41) is 4.99. The molecule has 0 aliphatic heterocycles. The molecular formula is C65H44N2. The van der Waals surface area contributed by atoms with E-state index in [4.69, 9.17) is 0 Å². The summed E-state index contributed by atoms with van der Waals surface area (Å²) in [5.41, 5.74) is 18.7. The average Bonchev–Trinajstić information content (AvgIpc) is 3.90. The van der Waals surface area contributed by atoms with E-state index in [1.807, 2.05) is 0 Å². The molecule has 314 valence electrons. The summed E-state index contributed by atoms with van der Waals surface area (Å²) in [6, 6.07) is 98.0. The van der Waals surface area contributed by atoms with E-state index in [-0.39, 0.29) is 0 Å². The third kappa shape index (κ3) is 6.11. The zero-order chi connectivity index (χ0) is 44.3. The molecular weight excluding hydrogens is 809 g/mol. The first-order valence-corrected chi connectivity index (χ1v) is 23.2. The first-order valence-electron chi connectivity index (χ1n) is 23.2. The number of nitrogens with zero attached hydrogens (tertiary/aromatic N) is 2. The van der Waals surface area contributed by atoms with Crippen LogP contribution in [-0.4, -0.2) is 4.57 Å². The second-order valence-corrected chi connectivity index (χ2v) is 17.6. The summed E-state index contributed by atoms with van der Waals surface area (Å²) < 4.78 is 2.41. The number of anilines is 3. The van der Waals surface area contributed by atoms with Gasteiger partial charge in [0.1, 0.15) is 0 Å². The van der Waals surface area contributed by atoms with E-state index in [1.54, 1.807) is 0 Å². The monoisotopic (exact) mass is 852 g/mol. The maximum atomic E-state index is 2.44. The van der Waals surface area contributed by atoms with Gasteiger partial charge in [-0.1, -0.05) is 212 Å². The van der Waals surface area contributed by atoms with Crippen molar-refractivity contribution in [1.82, 2.24) is 4.57 Å². The minimum Gasteiger partial charge on any atom is -0.310 e. The Balaban J connectivity index is 1.02. The normalized spacial score (nSPS) is 12.6. The summed E-state index contributed by atoms with van der Waals surface area (Å²) >= 11 is 0. The quantitative estimate of drug-likeness (QED) is 0.148. The molecule has 13 rings (SSSR count). The highest BCUT2D eigenvalue weighted by Gasteiger charge is 2.46. The molecule has 0 unspecified atom stereocenters. The van der Waals surface area contributed by atoms with Gasteiger partial charge in [0, 0.05) is 33.5 Å². The Labute approximate surface area is 390 Å². The number of hydrogen-bond acceptors (Lipinski definition) is 1. The lowest BCUT2D eigenvalue weighted by molar-refractivity contribution is 0.768. The zero-order valence-corrected chi connectivity index (χ0v) is 36.8. The molecule has 1 aliphatic rings. The van der Waals surface area contributed by atoms with Crippen LogP contribution >= 0.6 is 0 Å². The molecule has 0 atom stereocenters. The van der Waals surface area contributed by atoms with E-state index < -0.39 is 5.41 Å². The van der Waals surface area contributed by atoms with Gasteiger partial charge in [-0.25, -0.2) is 0 Å². The fraction of sp³-hybridized carbons (Fsp3) is 0.0154. The van der Waals surface area contributed by atoms with Crippen LogP contribution in [-0.2, 0) is 5.41 Å². The van der Waals surface area contributed by atoms with Crippen molar-refractivity contribution in [3.63, 3.8) is 0 Å². The summed E-state index contributed by atoms with van der Waals surface area (Å²) in [5.74, 6) is 0. The second-order valence-electron chi connectivity index (χ2n) is 17.6. The van der Waals surface area contributed by atoms with Gasteiger partial charge in [0.25, 0.3) is 0 Å². The molecule has 0 saturated heterocycles. The largest absolute Gasteiger partial charge is 0.310 e. The summed E-state index contributed by atoms with van der Waals surface area (Å²) in [4.78, 5) is 2.44. The van der Waals surface area contributed by atoms with Crippen LogP contribution in [0.3, 0.4) is 0 Å². The van der Waals surface area contributed by atoms with Crippen LogP contribution in [0.2, 0.25) is 0 Å². The zero-order valence-electron chi connectivity index (χ0n) is 36.8. The van der Waals surface area contributed by atoms with E-state index >= 15 is 0 Å². The van der Waals surface area contributed by atoms with Crippen LogP contribution in [0.1, 0.15) is 22.3 Å². The predicted octanol–water partition coefficient (Wildman–Crippen LogP) is 17.1. The Morgan fingerprint density at radius 2 is 0.806 bits per heavy atom. The standard InChI is InChI=1S/C65H44N2/c1-4-19-45(20-5-1)54-32-16-21-47-22-17-33-55(64(47)54)46-37-39-50(40-38-46)66(51-27-18-28-52(43-51)67-62-35-14-11-30-57(62)58-31-12-15-36-63(58)67)53-41-42-61-59(44-53)56-29-10-13-34-60(56)65(61,48-23-6-2-7-24-48)49-25-8-3-9-26-49/h1-44H. The maximum absolute atomic E-state index is 2.44. The molecule has 0 bridgehead atoms. The van der Waals surface area contributed by atoms with Crippen LogP contribution in [0.5, 0.6) is 0 Å². The highest BCUT2D eigenvalue weighted by molar-refractivity contribution is 6.09. The van der Waals surface area contributed by atoms with Gasteiger partial charge in [0.15, 0.2) is 0 Å². The minimum atomic E-state index is -0.479. The summed E-state index contributed by atoms with van der Waals surface area (Å²) in [6.45, 7) is 0. The number of hydrogen-bond donors (Lipinski definition) is 0. The van der Waals surface area contributed by atoms with Crippen molar-refractivity contribution >= 4 is 49.6 Å². The lowest BCUT2D eigenvalue weighted by Gasteiger charge is -2.34. The number of rotatable bonds is 8. The summed E-state index contributed by atoms with van der Waals surface area (Å²) in [7, 11) is 0.